The molecule has 0 spiro atoms. The summed E-state index contributed by atoms with van der Waals surface area (Å²) in [5.74, 6) is 1.17. The summed E-state index contributed by atoms with van der Waals surface area (Å²) < 4.78 is 18.4. The maximum atomic E-state index is 12.6. The number of aromatic nitrogens is 2. The minimum Gasteiger partial charge on any atom is -0.497 e. The van der Waals surface area contributed by atoms with E-state index in [4.69, 9.17) is 14.2 Å². The van der Waals surface area contributed by atoms with Gasteiger partial charge in [0.05, 0.1) is 33.1 Å². The van der Waals surface area contributed by atoms with Gasteiger partial charge in [0.15, 0.2) is 5.75 Å². The molecule has 0 unspecified atom stereocenters. The topological polar surface area (TPSA) is 62.6 Å². The van der Waals surface area contributed by atoms with E-state index in [2.05, 4.69) is 21.0 Å². The predicted molar refractivity (Wildman–Crippen MR) is 114 cm³/mol. The summed E-state index contributed by atoms with van der Waals surface area (Å²) in [6.07, 6.45) is 1.32. The van der Waals surface area contributed by atoms with E-state index in [-0.39, 0.29) is 11.7 Å². The number of hydrogen-bond acceptors (Lipinski definition) is 5. The second-order valence-electron chi connectivity index (χ2n) is 6.56. The summed E-state index contributed by atoms with van der Waals surface area (Å²) in [4.78, 5) is 12.6. The average molecular weight is 459 g/mol. The van der Waals surface area contributed by atoms with E-state index in [0.29, 0.717) is 30.0 Å². The molecule has 0 aliphatic rings. The lowest BCUT2D eigenvalue weighted by atomic mass is 10.2. The van der Waals surface area contributed by atoms with Crippen molar-refractivity contribution in [1.29, 1.82) is 0 Å². The van der Waals surface area contributed by atoms with Crippen LogP contribution < -0.4 is 15.0 Å². The van der Waals surface area contributed by atoms with Crippen LogP contribution in [0.3, 0.4) is 0 Å². The highest BCUT2D eigenvalue weighted by Crippen LogP contribution is 2.21. The molecule has 0 fully saturated rings. The summed E-state index contributed by atoms with van der Waals surface area (Å²) in [5, 5.41) is 4.23. The molecule has 1 aromatic heterocycles. The third-order valence-corrected chi connectivity index (χ3v) is 4.97. The van der Waals surface area contributed by atoms with Gasteiger partial charge in [-0.15, -0.1) is 0 Å². The lowest BCUT2D eigenvalue weighted by molar-refractivity contribution is 0.0486. The smallest absolute Gasteiger partial charge is 0.285 e. The van der Waals surface area contributed by atoms with Crippen LogP contribution in [0.5, 0.6) is 11.5 Å². The fraction of sp³-hybridized carbons (Fsp3) is 0.273. The summed E-state index contributed by atoms with van der Waals surface area (Å²) in [6, 6.07) is 17.4. The van der Waals surface area contributed by atoms with E-state index < -0.39 is 0 Å². The van der Waals surface area contributed by atoms with Crippen molar-refractivity contribution in [1.82, 2.24) is 9.78 Å². The zero-order valence-corrected chi connectivity index (χ0v) is 18.0. The van der Waals surface area contributed by atoms with Crippen molar-refractivity contribution >= 4 is 15.9 Å². The lowest BCUT2D eigenvalue weighted by Crippen LogP contribution is -2.26. The van der Waals surface area contributed by atoms with Crippen molar-refractivity contribution in [2.24, 2.45) is 0 Å². The first-order chi connectivity index (χ1) is 14.1. The molecular weight excluding hydrogens is 436 g/mol. The maximum absolute atomic E-state index is 12.6. The van der Waals surface area contributed by atoms with E-state index in [9.17, 15) is 4.79 Å². The van der Waals surface area contributed by atoms with Crippen LogP contribution in [0.2, 0.25) is 0 Å². The molecule has 6 nitrogen and oxygen atoms in total. The van der Waals surface area contributed by atoms with Crippen molar-refractivity contribution < 1.29 is 14.2 Å². The molecule has 0 N–H and O–H groups in total. The molecule has 0 aliphatic carbocycles. The van der Waals surface area contributed by atoms with Crippen LogP contribution in [0.4, 0.5) is 0 Å². The van der Waals surface area contributed by atoms with E-state index >= 15 is 0 Å². The first kappa shape index (κ1) is 21.1. The van der Waals surface area contributed by atoms with E-state index in [0.717, 1.165) is 16.9 Å². The van der Waals surface area contributed by atoms with Crippen LogP contribution in [-0.4, -0.2) is 29.6 Å². The Morgan fingerprint density at radius 1 is 1.07 bits per heavy atom. The minimum atomic E-state index is -0.254. The van der Waals surface area contributed by atoms with Gasteiger partial charge in [-0.2, -0.15) is 5.10 Å². The first-order valence-electron chi connectivity index (χ1n) is 9.23. The Labute approximate surface area is 178 Å². The van der Waals surface area contributed by atoms with Gasteiger partial charge in [-0.05, 0) is 46.1 Å². The van der Waals surface area contributed by atoms with E-state index in [1.54, 1.807) is 13.3 Å². The van der Waals surface area contributed by atoms with Gasteiger partial charge in [0, 0.05) is 0 Å². The number of benzene rings is 2. The highest BCUT2D eigenvalue weighted by molar-refractivity contribution is 9.10. The Balaban J connectivity index is 1.58. The van der Waals surface area contributed by atoms with Crippen LogP contribution in [-0.2, 0) is 17.9 Å². The van der Waals surface area contributed by atoms with Crippen molar-refractivity contribution in [3.63, 3.8) is 0 Å². The highest BCUT2D eigenvalue weighted by atomic mass is 79.9. The third-order valence-electron chi connectivity index (χ3n) is 4.24. The molecule has 3 aromatic rings. The number of ether oxygens (including phenoxy) is 3. The molecule has 0 amide bonds. The SMILES string of the molecule is COc1ccc(Cn2ncc(O[C@@H](C)COCc3ccccc3)c(Br)c2=O)cc1. The molecule has 1 heterocycles. The second kappa shape index (κ2) is 10.2. The third kappa shape index (κ3) is 5.92. The number of rotatable bonds is 9. The number of hydrogen-bond donors (Lipinski definition) is 0. The zero-order valence-electron chi connectivity index (χ0n) is 16.4. The van der Waals surface area contributed by atoms with Gasteiger partial charge in [-0.25, -0.2) is 4.68 Å². The Morgan fingerprint density at radius 3 is 2.48 bits per heavy atom. The van der Waals surface area contributed by atoms with Crippen molar-refractivity contribution in [2.75, 3.05) is 13.7 Å². The standard InChI is InChI=1S/C22H23BrN2O4/c1-16(14-28-15-18-6-4-3-5-7-18)29-20-12-24-25(22(26)21(20)23)13-17-8-10-19(27-2)11-9-17/h3-12,16H,13-15H2,1-2H3/t16-/m0/s1. The molecule has 152 valence electrons. The van der Waals surface area contributed by atoms with Crippen LogP contribution in [0.25, 0.3) is 0 Å². The summed E-state index contributed by atoms with van der Waals surface area (Å²) >= 11 is 3.34. The first-order valence-corrected chi connectivity index (χ1v) is 10.0. The molecule has 2 aromatic carbocycles. The Morgan fingerprint density at radius 2 is 1.79 bits per heavy atom. The molecule has 0 radical (unpaired) electrons. The number of halogens is 1. The van der Waals surface area contributed by atoms with Crippen molar-refractivity contribution in [3.05, 3.63) is 86.7 Å². The normalized spacial score (nSPS) is 11.8. The second-order valence-corrected chi connectivity index (χ2v) is 7.36. The van der Waals surface area contributed by atoms with Gasteiger partial charge >= 0.3 is 0 Å². The zero-order chi connectivity index (χ0) is 20.6. The van der Waals surface area contributed by atoms with Crippen molar-refractivity contribution in [2.45, 2.75) is 26.2 Å². The van der Waals surface area contributed by atoms with Crippen LogP contribution in [0.1, 0.15) is 18.1 Å². The Hall–Kier alpha value is -2.64. The number of methoxy groups -OCH3 is 1. The van der Waals surface area contributed by atoms with Gasteiger partial charge in [0.25, 0.3) is 5.56 Å². The van der Waals surface area contributed by atoms with Gasteiger partial charge in [0.2, 0.25) is 0 Å². The molecule has 1 atom stereocenters. The quantitative estimate of drug-likeness (QED) is 0.483. The Bertz CT molecular complexity index is 974. The molecule has 0 saturated heterocycles. The highest BCUT2D eigenvalue weighted by Gasteiger charge is 2.13. The van der Waals surface area contributed by atoms with E-state index in [1.165, 1.54) is 4.68 Å². The van der Waals surface area contributed by atoms with Crippen molar-refractivity contribution in [3.8, 4) is 11.5 Å². The molecule has 3 rings (SSSR count). The largest absolute Gasteiger partial charge is 0.497 e. The summed E-state index contributed by atoms with van der Waals surface area (Å²) in [6.45, 7) is 3.16. The monoisotopic (exact) mass is 458 g/mol. The minimum absolute atomic E-state index is 0.228. The van der Waals surface area contributed by atoms with Crippen LogP contribution in [0.15, 0.2) is 70.1 Å². The molecule has 29 heavy (non-hydrogen) atoms. The number of nitrogens with zero attached hydrogens (tertiary/aromatic N) is 2. The molecule has 7 heteroatoms. The van der Waals surface area contributed by atoms with Crippen LogP contribution >= 0.6 is 15.9 Å². The maximum Gasteiger partial charge on any atom is 0.285 e. The fourth-order valence-corrected chi connectivity index (χ4v) is 3.12. The predicted octanol–water partition coefficient (Wildman–Crippen LogP) is 4.05. The molecule has 0 aliphatic heterocycles. The molecule has 0 bridgehead atoms. The van der Waals surface area contributed by atoms with E-state index in [1.807, 2.05) is 61.5 Å². The van der Waals surface area contributed by atoms with Crippen LogP contribution in [0, 0.1) is 0 Å². The van der Waals surface area contributed by atoms with Gasteiger partial charge in [0.1, 0.15) is 16.3 Å². The molecular formula is C22H23BrN2O4. The summed E-state index contributed by atoms with van der Waals surface area (Å²) in [5.41, 5.74) is 1.79. The lowest BCUT2D eigenvalue weighted by Gasteiger charge is -2.16. The van der Waals surface area contributed by atoms with Gasteiger partial charge in [-0.3, -0.25) is 4.79 Å². The summed E-state index contributed by atoms with van der Waals surface area (Å²) in [7, 11) is 1.62. The average Bonchev–Trinajstić information content (AvgIpc) is 2.75. The Kier molecular flexibility index (Phi) is 7.43. The van der Waals surface area contributed by atoms with Gasteiger partial charge in [-0.1, -0.05) is 42.5 Å². The van der Waals surface area contributed by atoms with Gasteiger partial charge < -0.3 is 14.2 Å². The fourth-order valence-electron chi connectivity index (χ4n) is 2.72. The molecule has 0 saturated carbocycles.